The minimum absolute atomic E-state index is 0.131. The van der Waals surface area contributed by atoms with Crippen molar-refractivity contribution >= 4 is 17.7 Å². The third-order valence-corrected chi connectivity index (χ3v) is 4.39. The van der Waals surface area contributed by atoms with Crippen LogP contribution in [0.3, 0.4) is 0 Å². The first-order chi connectivity index (χ1) is 11.2. The molecule has 1 aromatic heterocycles. The number of rotatable bonds is 9. The highest BCUT2D eigenvalue weighted by molar-refractivity contribution is 7.99. The summed E-state index contributed by atoms with van der Waals surface area (Å²) in [5.74, 6) is 1.01. The molecule has 1 aromatic carbocycles. The van der Waals surface area contributed by atoms with Crippen LogP contribution in [0.15, 0.2) is 47.6 Å². The summed E-state index contributed by atoms with van der Waals surface area (Å²) in [6.45, 7) is 2.57. The predicted octanol–water partition coefficient (Wildman–Crippen LogP) is 4.49. The maximum absolute atomic E-state index is 10.5. The van der Waals surface area contributed by atoms with Crippen LogP contribution in [0.5, 0.6) is 5.75 Å². The largest absolute Gasteiger partial charge is 0.494 e. The Labute approximate surface area is 140 Å². The summed E-state index contributed by atoms with van der Waals surface area (Å²) in [5, 5.41) is 9.64. The number of pyridine rings is 1. The lowest BCUT2D eigenvalue weighted by Crippen LogP contribution is -2.01. The van der Waals surface area contributed by atoms with E-state index < -0.39 is 5.97 Å². The number of hydrogen-bond donors (Lipinski definition) is 1. The van der Waals surface area contributed by atoms with Gasteiger partial charge in [-0.05, 0) is 42.4 Å². The van der Waals surface area contributed by atoms with E-state index in [0.29, 0.717) is 13.0 Å². The quantitative estimate of drug-likeness (QED) is 0.542. The Kier molecular flexibility index (Phi) is 6.94. The molecule has 23 heavy (non-hydrogen) atoms. The Bertz CT molecular complexity index is 628. The molecule has 0 aliphatic rings. The summed E-state index contributed by atoms with van der Waals surface area (Å²) in [5.41, 5.74) is 2.23. The van der Waals surface area contributed by atoms with Gasteiger partial charge in [0.25, 0.3) is 0 Å². The van der Waals surface area contributed by atoms with Crippen molar-refractivity contribution in [2.45, 2.75) is 31.2 Å². The van der Waals surface area contributed by atoms with Crippen LogP contribution in [-0.2, 0) is 4.79 Å². The molecule has 5 heteroatoms. The molecule has 1 heterocycles. The standard InChI is InChI=1S/C18H21NO3S/c1-2-13-23-18-16(5-3-11-19-18)14-7-9-15(10-8-14)22-12-4-6-17(20)21/h3,5,7-11H,2,4,6,12-13H2,1H3,(H,20,21). The van der Waals surface area contributed by atoms with Gasteiger partial charge in [-0.15, -0.1) is 11.8 Å². The van der Waals surface area contributed by atoms with Gasteiger partial charge in [0.05, 0.1) is 6.61 Å². The monoisotopic (exact) mass is 331 g/mol. The second-order valence-corrected chi connectivity index (χ2v) is 6.16. The summed E-state index contributed by atoms with van der Waals surface area (Å²) in [6.07, 6.45) is 3.58. The van der Waals surface area contributed by atoms with E-state index in [1.165, 1.54) is 0 Å². The molecule has 0 aliphatic carbocycles. The van der Waals surface area contributed by atoms with Crippen molar-refractivity contribution in [3.05, 3.63) is 42.6 Å². The summed E-state index contributed by atoms with van der Waals surface area (Å²) in [7, 11) is 0. The molecule has 4 nitrogen and oxygen atoms in total. The number of carboxylic acids is 1. The first kappa shape index (κ1) is 17.3. The average molecular weight is 331 g/mol. The smallest absolute Gasteiger partial charge is 0.303 e. The number of carbonyl (C=O) groups is 1. The van der Waals surface area contributed by atoms with Crippen LogP contribution in [0, 0.1) is 0 Å². The summed E-state index contributed by atoms with van der Waals surface area (Å²) in [6, 6.07) is 11.9. The van der Waals surface area contributed by atoms with Crippen LogP contribution in [0.2, 0.25) is 0 Å². The molecular weight excluding hydrogens is 310 g/mol. The van der Waals surface area contributed by atoms with E-state index in [1.807, 2.05) is 36.5 Å². The van der Waals surface area contributed by atoms with E-state index in [1.54, 1.807) is 11.8 Å². The highest BCUT2D eigenvalue weighted by Gasteiger charge is 2.07. The fraction of sp³-hybridized carbons (Fsp3) is 0.333. The Morgan fingerprint density at radius 3 is 2.74 bits per heavy atom. The van der Waals surface area contributed by atoms with Gasteiger partial charge >= 0.3 is 5.97 Å². The molecule has 0 saturated carbocycles. The first-order valence-corrected chi connectivity index (χ1v) is 8.72. The molecule has 1 N–H and O–H groups in total. The molecular formula is C18H21NO3S. The highest BCUT2D eigenvalue weighted by atomic mass is 32.2. The van der Waals surface area contributed by atoms with Gasteiger partial charge in [0, 0.05) is 18.2 Å². The van der Waals surface area contributed by atoms with Gasteiger partial charge in [-0.3, -0.25) is 4.79 Å². The molecule has 2 aromatic rings. The lowest BCUT2D eigenvalue weighted by atomic mass is 10.1. The second-order valence-electron chi connectivity index (χ2n) is 5.07. The Morgan fingerprint density at radius 1 is 1.26 bits per heavy atom. The van der Waals surface area contributed by atoms with E-state index in [4.69, 9.17) is 9.84 Å². The number of benzene rings is 1. The zero-order valence-corrected chi connectivity index (χ0v) is 14.0. The van der Waals surface area contributed by atoms with Crippen molar-refractivity contribution in [3.8, 4) is 16.9 Å². The van der Waals surface area contributed by atoms with Gasteiger partial charge in [0.1, 0.15) is 10.8 Å². The van der Waals surface area contributed by atoms with Crippen LogP contribution < -0.4 is 4.74 Å². The zero-order valence-electron chi connectivity index (χ0n) is 13.2. The number of carboxylic acid groups (broad SMARTS) is 1. The highest BCUT2D eigenvalue weighted by Crippen LogP contribution is 2.30. The van der Waals surface area contributed by atoms with Gasteiger partial charge in [0.15, 0.2) is 0 Å². The minimum atomic E-state index is -0.794. The van der Waals surface area contributed by atoms with E-state index in [2.05, 4.69) is 18.0 Å². The van der Waals surface area contributed by atoms with Gasteiger partial charge in [-0.2, -0.15) is 0 Å². The van der Waals surface area contributed by atoms with Crippen LogP contribution in [0.1, 0.15) is 26.2 Å². The molecule has 0 amide bonds. The van der Waals surface area contributed by atoms with Crippen molar-refractivity contribution < 1.29 is 14.6 Å². The Balaban J connectivity index is 2.00. The van der Waals surface area contributed by atoms with Crippen molar-refractivity contribution in [3.63, 3.8) is 0 Å². The van der Waals surface area contributed by atoms with Crippen LogP contribution >= 0.6 is 11.8 Å². The minimum Gasteiger partial charge on any atom is -0.494 e. The lowest BCUT2D eigenvalue weighted by Gasteiger charge is -2.09. The fourth-order valence-corrected chi connectivity index (χ4v) is 2.94. The normalized spacial score (nSPS) is 10.5. The fourth-order valence-electron chi connectivity index (χ4n) is 2.07. The topological polar surface area (TPSA) is 59.4 Å². The number of nitrogens with zero attached hydrogens (tertiary/aromatic N) is 1. The Hall–Kier alpha value is -2.01. The van der Waals surface area contributed by atoms with Gasteiger partial charge < -0.3 is 9.84 Å². The van der Waals surface area contributed by atoms with Crippen LogP contribution in [-0.4, -0.2) is 28.4 Å². The van der Waals surface area contributed by atoms with Crippen LogP contribution in [0.4, 0.5) is 0 Å². The molecule has 0 radical (unpaired) electrons. The third-order valence-electron chi connectivity index (χ3n) is 3.18. The number of thioether (sulfide) groups is 1. The predicted molar refractivity (Wildman–Crippen MR) is 93.1 cm³/mol. The molecule has 122 valence electrons. The van der Waals surface area contributed by atoms with E-state index in [-0.39, 0.29) is 6.42 Å². The maximum Gasteiger partial charge on any atom is 0.303 e. The van der Waals surface area contributed by atoms with E-state index in [0.717, 1.165) is 34.1 Å². The third kappa shape index (κ3) is 5.60. The number of ether oxygens (including phenoxy) is 1. The van der Waals surface area contributed by atoms with Crippen LogP contribution in [0.25, 0.3) is 11.1 Å². The maximum atomic E-state index is 10.5. The molecule has 0 fully saturated rings. The van der Waals surface area contributed by atoms with Crippen molar-refractivity contribution in [1.29, 1.82) is 0 Å². The molecule has 0 aliphatic heterocycles. The SMILES string of the molecule is CCCSc1ncccc1-c1ccc(OCCCC(=O)O)cc1. The molecule has 2 rings (SSSR count). The number of hydrogen-bond acceptors (Lipinski definition) is 4. The van der Waals surface area contributed by atoms with Gasteiger partial charge in [-0.25, -0.2) is 4.98 Å². The molecule has 0 atom stereocenters. The van der Waals surface area contributed by atoms with Crippen molar-refractivity contribution in [2.75, 3.05) is 12.4 Å². The van der Waals surface area contributed by atoms with Crippen molar-refractivity contribution in [2.24, 2.45) is 0 Å². The summed E-state index contributed by atoms with van der Waals surface area (Å²) in [4.78, 5) is 14.9. The zero-order chi connectivity index (χ0) is 16.5. The number of aliphatic carboxylic acids is 1. The van der Waals surface area contributed by atoms with E-state index >= 15 is 0 Å². The molecule has 0 saturated heterocycles. The molecule has 0 unspecified atom stereocenters. The number of aromatic nitrogens is 1. The van der Waals surface area contributed by atoms with Crippen molar-refractivity contribution in [1.82, 2.24) is 4.98 Å². The molecule has 0 bridgehead atoms. The Morgan fingerprint density at radius 2 is 2.04 bits per heavy atom. The summed E-state index contributed by atoms with van der Waals surface area (Å²) < 4.78 is 5.56. The molecule has 0 spiro atoms. The first-order valence-electron chi connectivity index (χ1n) is 7.73. The lowest BCUT2D eigenvalue weighted by molar-refractivity contribution is -0.137. The van der Waals surface area contributed by atoms with Gasteiger partial charge in [-0.1, -0.05) is 25.1 Å². The van der Waals surface area contributed by atoms with Gasteiger partial charge in [0.2, 0.25) is 0 Å². The van der Waals surface area contributed by atoms with E-state index in [9.17, 15) is 4.79 Å². The second kappa shape index (κ2) is 9.20. The summed E-state index contributed by atoms with van der Waals surface area (Å²) >= 11 is 1.77. The average Bonchev–Trinajstić information content (AvgIpc) is 2.57.